The molecule has 0 spiro atoms. The summed E-state index contributed by atoms with van der Waals surface area (Å²) in [6.07, 6.45) is 0. The van der Waals surface area contributed by atoms with Gasteiger partial charge in [0.25, 0.3) is 0 Å². The molecule has 0 fully saturated rings. The Morgan fingerprint density at radius 1 is 0.880 bits per heavy atom. The molecule has 2 aromatic carbocycles. The smallest absolute Gasteiger partial charge is 0.344 e. The van der Waals surface area contributed by atoms with Crippen LogP contribution in [-0.2, 0) is 14.3 Å². The van der Waals surface area contributed by atoms with E-state index < -0.39 is 25.2 Å². The lowest BCUT2D eigenvalue weighted by atomic mass is 10.3. The fourth-order valence-corrected chi connectivity index (χ4v) is 2.29. The standard InChI is InChI=1S/C16H11Cl3O6/c17-9-1-3-12(11(19)5-9)25-13-4-2-10(18)6-14(13)23-8-16(22)24-7-15(20)21/h1-6H,7-8H2,(H,20,21). The van der Waals surface area contributed by atoms with Crippen molar-refractivity contribution < 1.29 is 28.9 Å². The van der Waals surface area contributed by atoms with Gasteiger partial charge in [-0.1, -0.05) is 34.8 Å². The van der Waals surface area contributed by atoms with Gasteiger partial charge in [0.05, 0.1) is 5.02 Å². The number of hydrogen-bond donors (Lipinski definition) is 1. The fraction of sp³-hybridized carbons (Fsp3) is 0.125. The van der Waals surface area contributed by atoms with Crippen LogP contribution in [0.25, 0.3) is 0 Å². The maximum absolute atomic E-state index is 11.4. The molecule has 0 radical (unpaired) electrons. The Hall–Kier alpha value is -2.15. The minimum Gasteiger partial charge on any atom is -0.479 e. The van der Waals surface area contributed by atoms with Gasteiger partial charge in [-0.25, -0.2) is 9.59 Å². The van der Waals surface area contributed by atoms with Crippen molar-refractivity contribution in [3.63, 3.8) is 0 Å². The lowest BCUT2D eigenvalue weighted by Gasteiger charge is -2.13. The zero-order valence-corrected chi connectivity index (χ0v) is 14.8. The summed E-state index contributed by atoms with van der Waals surface area (Å²) in [7, 11) is 0. The molecule has 0 aliphatic carbocycles. The molecular weight excluding hydrogens is 395 g/mol. The number of halogens is 3. The van der Waals surface area contributed by atoms with Crippen molar-refractivity contribution in [1.82, 2.24) is 0 Å². The Morgan fingerprint density at radius 2 is 1.52 bits per heavy atom. The predicted molar refractivity (Wildman–Crippen MR) is 92.1 cm³/mol. The molecule has 0 atom stereocenters. The van der Waals surface area contributed by atoms with Gasteiger partial charge in [0.2, 0.25) is 0 Å². The van der Waals surface area contributed by atoms with Crippen LogP contribution in [0.5, 0.6) is 17.2 Å². The maximum Gasteiger partial charge on any atom is 0.344 e. The number of carbonyl (C=O) groups is 2. The number of aliphatic carboxylic acids is 1. The van der Waals surface area contributed by atoms with Gasteiger partial charge in [0.15, 0.2) is 24.7 Å². The van der Waals surface area contributed by atoms with Crippen LogP contribution in [0.1, 0.15) is 0 Å². The molecule has 9 heteroatoms. The van der Waals surface area contributed by atoms with Gasteiger partial charge in [-0.3, -0.25) is 0 Å². The van der Waals surface area contributed by atoms with E-state index in [9.17, 15) is 9.59 Å². The first-order valence-electron chi connectivity index (χ1n) is 6.78. The van der Waals surface area contributed by atoms with Crippen molar-refractivity contribution in [2.45, 2.75) is 0 Å². The van der Waals surface area contributed by atoms with Crippen LogP contribution in [-0.4, -0.2) is 30.3 Å². The van der Waals surface area contributed by atoms with E-state index >= 15 is 0 Å². The molecule has 2 aromatic rings. The van der Waals surface area contributed by atoms with Crippen LogP contribution in [0.2, 0.25) is 15.1 Å². The average Bonchev–Trinajstić information content (AvgIpc) is 2.55. The van der Waals surface area contributed by atoms with E-state index in [1.54, 1.807) is 18.2 Å². The van der Waals surface area contributed by atoms with Crippen molar-refractivity contribution in [3.8, 4) is 17.2 Å². The number of ether oxygens (including phenoxy) is 3. The Morgan fingerprint density at radius 3 is 2.16 bits per heavy atom. The van der Waals surface area contributed by atoms with Crippen LogP contribution in [0.3, 0.4) is 0 Å². The molecular formula is C16H11Cl3O6. The van der Waals surface area contributed by atoms with Crippen LogP contribution >= 0.6 is 34.8 Å². The molecule has 0 bridgehead atoms. The molecule has 6 nitrogen and oxygen atoms in total. The quantitative estimate of drug-likeness (QED) is 0.686. The third-order valence-electron chi connectivity index (χ3n) is 2.72. The minimum atomic E-state index is -1.27. The van der Waals surface area contributed by atoms with E-state index in [1.807, 2.05) is 0 Å². The topological polar surface area (TPSA) is 82.1 Å². The first kappa shape index (κ1) is 19.2. The predicted octanol–water partition coefficient (Wildman–Crippen LogP) is 4.45. The highest BCUT2D eigenvalue weighted by molar-refractivity contribution is 6.35. The molecule has 132 valence electrons. The zero-order chi connectivity index (χ0) is 18.4. The van der Waals surface area contributed by atoms with Gasteiger partial charge in [-0.15, -0.1) is 0 Å². The molecule has 0 amide bonds. The van der Waals surface area contributed by atoms with Crippen LogP contribution in [0, 0.1) is 0 Å². The van der Waals surface area contributed by atoms with Crippen LogP contribution < -0.4 is 9.47 Å². The zero-order valence-electron chi connectivity index (χ0n) is 12.5. The van der Waals surface area contributed by atoms with Gasteiger partial charge in [0.1, 0.15) is 5.75 Å². The molecule has 0 heterocycles. The van der Waals surface area contributed by atoms with Crippen molar-refractivity contribution in [1.29, 1.82) is 0 Å². The summed E-state index contributed by atoms with van der Waals surface area (Å²) in [6, 6.07) is 9.22. The second kappa shape index (κ2) is 8.80. The molecule has 0 aliphatic heterocycles. The molecule has 25 heavy (non-hydrogen) atoms. The highest BCUT2D eigenvalue weighted by atomic mass is 35.5. The number of esters is 1. The SMILES string of the molecule is O=C(O)COC(=O)COc1cc(Cl)ccc1Oc1ccc(Cl)cc1Cl. The minimum absolute atomic E-state index is 0.158. The highest BCUT2D eigenvalue weighted by Gasteiger charge is 2.13. The summed E-state index contributed by atoms with van der Waals surface area (Å²) in [5.74, 6) is -1.38. The summed E-state index contributed by atoms with van der Waals surface area (Å²) in [5, 5.41) is 9.55. The first-order valence-corrected chi connectivity index (χ1v) is 7.91. The summed E-state index contributed by atoms with van der Waals surface area (Å²) in [5.41, 5.74) is 0. The molecule has 2 rings (SSSR count). The maximum atomic E-state index is 11.4. The number of benzene rings is 2. The van der Waals surface area contributed by atoms with E-state index in [1.165, 1.54) is 18.2 Å². The van der Waals surface area contributed by atoms with Gasteiger partial charge >= 0.3 is 11.9 Å². The third kappa shape index (κ3) is 6.01. The monoisotopic (exact) mass is 404 g/mol. The van der Waals surface area contributed by atoms with Crippen molar-refractivity contribution in [3.05, 3.63) is 51.5 Å². The van der Waals surface area contributed by atoms with Crippen LogP contribution in [0.4, 0.5) is 0 Å². The summed E-state index contributed by atoms with van der Waals surface area (Å²) in [4.78, 5) is 21.8. The Labute approximate surface area is 157 Å². The van der Waals surface area contributed by atoms with Gasteiger partial charge < -0.3 is 19.3 Å². The van der Waals surface area contributed by atoms with E-state index in [0.717, 1.165) is 0 Å². The molecule has 1 N–H and O–H groups in total. The molecule has 0 aliphatic rings. The Kier molecular flexibility index (Phi) is 6.75. The van der Waals surface area contributed by atoms with Crippen molar-refractivity contribution in [2.75, 3.05) is 13.2 Å². The number of carboxylic acid groups (broad SMARTS) is 1. The lowest BCUT2D eigenvalue weighted by Crippen LogP contribution is -2.19. The third-order valence-corrected chi connectivity index (χ3v) is 3.49. The van der Waals surface area contributed by atoms with Crippen LogP contribution in [0.15, 0.2) is 36.4 Å². The molecule has 0 saturated heterocycles. The van der Waals surface area contributed by atoms with Crippen molar-refractivity contribution >= 4 is 46.7 Å². The Balaban J connectivity index is 2.11. The fourth-order valence-electron chi connectivity index (χ4n) is 1.68. The second-order valence-corrected chi connectivity index (χ2v) is 5.89. The number of rotatable bonds is 7. The van der Waals surface area contributed by atoms with Crippen molar-refractivity contribution in [2.24, 2.45) is 0 Å². The number of hydrogen-bond acceptors (Lipinski definition) is 5. The first-order chi connectivity index (χ1) is 11.8. The molecule has 0 unspecified atom stereocenters. The largest absolute Gasteiger partial charge is 0.479 e. The number of carbonyl (C=O) groups excluding carboxylic acids is 1. The molecule has 0 saturated carbocycles. The van der Waals surface area contributed by atoms with E-state index in [-0.39, 0.29) is 16.5 Å². The second-order valence-electron chi connectivity index (χ2n) is 4.61. The highest BCUT2D eigenvalue weighted by Crippen LogP contribution is 2.37. The Bertz CT molecular complexity index is 793. The van der Waals surface area contributed by atoms with E-state index in [4.69, 9.17) is 49.4 Å². The summed E-state index contributed by atoms with van der Waals surface area (Å²) >= 11 is 17.8. The van der Waals surface area contributed by atoms with Gasteiger partial charge in [0, 0.05) is 16.1 Å². The van der Waals surface area contributed by atoms with E-state index in [2.05, 4.69) is 4.74 Å². The normalized spacial score (nSPS) is 10.2. The molecule has 0 aromatic heterocycles. The summed E-state index contributed by atoms with van der Waals surface area (Å²) < 4.78 is 15.4. The van der Waals surface area contributed by atoms with E-state index in [0.29, 0.717) is 15.8 Å². The average molecular weight is 406 g/mol. The lowest BCUT2D eigenvalue weighted by molar-refractivity contribution is -0.156. The van der Waals surface area contributed by atoms with Gasteiger partial charge in [-0.05, 0) is 30.3 Å². The number of carboxylic acids is 1. The van der Waals surface area contributed by atoms with Gasteiger partial charge in [-0.2, -0.15) is 0 Å². The summed E-state index contributed by atoms with van der Waals surface area (Å²) in [6.45, 7) is -1.26.